The number of ketones is 1. The number of amides is 1. The molecule has 182 valence electrons. The number of carboxylic acid groups (broad SMARTS) is 1. The molecular weight excluding hydrogens is 446 g/mol. The van der Waals surface area contributed by atoms with E-state index in [1.807, 2.05) is 24.3 Å². The molecule has 1 amide bonds. The molecule has 0 spiro atoms. The number of benzene rings is 2. The van der Waals surface area contributed by atoms with Gasteiger partial charge in [0.1, 0.15) is 0 Å². The van der Waals surface area contributed by atoms with Gasteiger partial charge in [-0.3, -0.25) is 9.78 Å². The standard InChI is InChI=1S/C27H29N3O5/c1-35-24-13-17(5-11-23(24)31)16-4-10-22-20(12-16)25(21(14-28-22)26(32)15-2-3-15)29-18-6-8-19(9-7-18)30-27(33)34/h4-5,10-15,18-19,30-31H,2-3,6-9H2,1H3,(H,28,29)(H,33,34). The fourth-order valence-electron chi connectivity index (χ4n) is 4.90. The quantitative estimate of drug-likeness (QED) is 0.347. The summed E-state index contributed by atoms with van der Waals surface area (Å²) < 4.78 is 5.27. The molecule has 2 aliphatic carbocycles. The second-order valence-corrected chi connectivity index (χ2v) is 9.45. The molecule has 8 heteroatoms. The van der Waals surface area contributed by atoms with Crippen molar-refractivity contribution in [2.75, 3.05) is 12.4 Å². The lowest BCUT2D eigenvalue weighted by Gasteiger charge is -2.30. The molecule has 1 heterocycles. The number of phenols is 1. The van der Waals surface area contributed by atoms with Crippen LogP contribution in [0.25, 0.3) is 22.0 Å². The highest BCUT2D eigenvalue weighted by atomic mass is 16.5. The van der Waals surface area contributed by atoms with Crippen LogP contribution in [0.15, 0.2) is 42.6 Å². The lowest BCUT2D eigenvalue weighted by atomic mass is 9.90. The summed E-state index contributed by atoms with van der Waals surface area (Å²) in [6, 6.07) is 11.2. The van der Waals surface area contributed by atoms with Gasteiger partial charge in [0.05, 0.1) is 23.9 Å². The number of anilines is 1. The van der Waals surface area contributed by atoms with E-state index in [0.29, 0.717) is 11.3 Å². The molecule has 0 bridgehead atoms. The lowest BCUT2D eigenvalue weighted by molar-refractivity contribution is 0.0968. The van der Waals surface area contributed by atoms with Crippen molar-refractivity contribution in [3.8, 4) is 22.6 Å². The number of fused-ring (bicyclic) bond motifs is 1. The number of methoxy groups -OCH3 is 1. The van der Waals surface area contributed by atoms with Crippen molar-refractivity contribution in [2.24, 2.45) is 5.92 Å². The summed E-state index contributed by atoms with van der Waals surface area (Å²) in [5.41, 5.74) is 4.01. The molecule has 2 aromatic carbocycles. The molecule has 0 saturated heterocycles. The maximum absolute atomic E-state index is 13.2. The normalized spacial score (nSPS) is 19.8. The van der Waals surface area contributed by atoms with Gasteiger partial charge in [0.2, 0.25) is 0 Å². The van der Waals surface area contributed by atoms with Crippen LogP contribution in [-0.4, -0.2) is 46.3 Å². The summed E-state index contributed by atoms with van der Waals surface area (Å²) >= 11 is 0. The number of aromatic hydroxyl groups is 1. The largest absolute Gasteiger partial charge is 0.504 e. The zero-order valence-corrected chi connectivity index (χ0v) is 19.6. The second kappa shape index (κ2) is 9.44. The number of pyridine rings is 1. The molecule has 0 unspecified atom stereocenters. The Morgan fingerprint density at radius 3 is 2.34 bits per heavy atom. The maximum Gasteiger partial charge on any atom is 0.404 e. The van der Waals surface area contributed by atoms with Crippen LogP contribution in [0, 0.1) is 5.92 Å². The van der Waals surface area contributed by atoms with Crippen molar-refractivity contribution in [2.45, 2.75) is 50.6 Å². The molecule has 2 aliphatic rings. The Morgan fingerprint density at radius 2 is 1.66 bits per heavy atom. The highest BCUT2D eigenvalue weighted by Crippen LogP contribution is 2.39. The van der Waals surface area contributed by atoms with Crippen molar-refractivity contribution in [1.82, 2.24) is 10.3 Å². The second-order valence-electron chi connectivity index (χ2n) is 9.45. The van der Waals surface area contributed by atoms with Crippen LogP contribution in [0.1, 0.15) is 48.9 Å². The number of ether oxygens (including phenoxy) is 1. The van der Waals surface area contributed by atoms with Gasteiger partial charge in [-0.15, -0.1) is 0 Å². The van der Waals surface area contributed by atoms with E-state index >= 15 is 0 Å². The number of phenolic OH excluding ortho intramolecular Hbond substituents is 1. The van der Waals surface area contributed by atoms with Crippen molar-refractivity contribution in [3.63, 3.8) is 0 Å². The molecule has 4 N–H and O–H groups in total. The highest BCUT2D eigenvalue weighted by molar-refractivity contribution is 6.10. The molecule has 0 radical (unpaired) electrons. The van der Waals surface area contributed by atoms with Gasteiger partial charge in [-0.2, -0.15) is 0 Å². The first-order valence-electron chi connectivity index (χ1n) is 12.0. The van der Waals surface area contributed by atoms with Gasteiger partial charge in [-0.25, -0.2) is 4.79 Å². The fourth-order valence-corrected chi connectivity index (χ4v) is 4.90. The Hall–Kier alpha value is -3.81. The minimum Gasteiger partial charge on any atom is -0.504 e. The molecule has 35 heavy (non-hydrogen) atoms. The van der Waals surface area contributed by atoms with Crippen LogP contribution in [0.5, 0.6) is 11.5 Å². The number of rotatable bonds is 7. The zero-order valence-electron chi connectivity index (χ0n) is 19.6. The number of Topliss-reactive ketones (excluding diaryl/α,β-unsaturated/α-hetero) is 1. The van der Waals surface area contributed by atoms with Crippen LogP contribution in [0.2, 0.25) is 0 Å². The SMILES string of the molecule is COc1cc(-c2ccc3ncc(C(=O)C4CC4)c(NC4CCC(NC(=O)O)CC4)c3c2)ccc1O. The number of hydrogen-bond donors (Lipinski definition) is 4. The Morgan fingerprint density at radius 1 is 0.971 bits per heavy atom. The van der Waals surface area contributed by atoms with Gasteiger partial charge in [-0.05, 0) is 73.9 Å². The van der Waals surface area contributed by atoms with Gasteiger partial charge in [0.25, 0.3) is 0 Å². The number of aromatic nitrogens is 1. The van der Waals surface area contributed by atoms with Gasteiger partial charge >= 0.3 is 6.09 Å². The molecule has 1 aromatic heterocycles. The average molecular weight is 476 g/mol. The van der Waals surface area contributed by atoms with Crippen LogP contribution in [-0.2, 0) is 0 Å². The number of nitrogens with one attached hydrogen (secondary N) is 2. The predicted molar refractivity (Wildman–Crippen MR) is 133 cm³/mol. The first-order chi connectivity index (χ1) is 16.9. The van der Waals surface area contributed by atoms with E-state index in [1.54, 1.807) is 18.3 Å². The summed E-state index contributed by atoms with van der Waals surface area (Å²) in [5.74, 6) is 0.657. The van der Waals surface area contributed by atoms with Crippen molar-refractivity contribution >= 4 is 28.5 Å². The third-order valence-corrected chi connectivity index (χ3v) is 7.00. The Bertz CT molecular complexity index is 1280. The van der Waals surface area contributed by atoms with Gasteiger partial charge in [0.15, 0.2) is 17.3 Å². The topological polar surface area (TPSA) is 121 Å². The fraction of sp³-hybridized carbons (Fsp3) is 0.370. The monoisotopic (exact) mass is 475 g/mol. The van der Waals surface area contributed by atoms with E-state index in [0.717, 1.165) is 66.2 Å². The zero-order chi connectivity index (χ0) is 24.5. The van der Waals surface area contributed by atoms with Crippen molar-refractivity contribution in [3.05, 3.63) is 48.2 Å². The molecule has 0 atom stereocenters. The smallest absolute Gasteiger partial charge is 0.404 e. The molecule has 2 saturated carbocycles. The van der Waals surface area contributed by atoms with Crippen LogP contribution >= 0.6 is 0 Å². The number of carbonyl (C=O) groups excluding carboxylic acids is 1. The Labute approximate surface area is 203 Å². The lowest BCUT2D eigenvalue weighted by Crippen LogP contribution is -2.39. The summed E-state index contributed by atoms with van der Waals surface area (Å²) in [6.07, 6.45) is 5.63. The molecule has 3 aromatic rings. The van der Waals surface area contributed by atoms with Gasteiger partial charge < -0.3 is 25.6 Å². The van der Waals surface area contributed by atoms with Crippen molar-refractivity contribution < 1.29 is 24.5 Å². The predicted octanol–water partition coefficient (Wildman–Crippen LogP) is 5.20. The van der Waals surface area contributed by atoms with Crippen molar-refractivity contribution in [1.29, 1.82) is 0 Å². The Balaban J connectivity index is 1.52. The van der Waals surface area contributed by atoms with Crippen LogP contribution in [0.3, 0.4) is 0 Å². The minimum absolute atomic E-state index is 0.0385. The third kappa shape index (κ3) is 4.87. The summed E-state index contributed by atoms with van der Waals surface area (Å²) in [6.45, 7) is 0. The first-order valence-corrected chi connectivity index (χ1v) is 12.0. The van der Waals surface area contributed by atoms with E-state index in [4.69, 9.17) is 9.84 Å². The maximum atomic E-state index is 13.2. The van der Waals surface area contributed by atoms with E-state index in [2.05, 4.69) is 15.6 Å². The van der Waals surface area contributed by atoms with Gasteiger partial charge in [0, 0.05) is 29.6 Å². The minimum atomic E-state index is -0.989. The first kappa shape index (κ1) is 23.0. The summed E-state index contributed by atoms with van der Waals surface area (Å²) in [5, 5.41) is 26.1. The Kier molecular flexibility index (Phi) is 6.19. The van der Waals surface area contributed by atoms with E-state index in [1.165, 1.54) is 7.11 Å². The van der Waals surface area contributed by atoms with E-state index in [9.17, 15) is 14.7 Å². The van der Waals surface area contributed by atoms with Gasteiger partial charge in [-0.1, -0.05) is 12.1 Å². The third-order valence-electron chi connectivity index (χ3n) is 7.00. The van der Waals surface area contributed by atoms with Crippen LogP contribution < -0.4 is 15.4 Å². The van der Waals surface area contributed by atoms with E-state index in [-0.39, 0.29) is 29.5 Å². The molecule has 5 rings (SSSR count). The van der Waals surface area contributed by atoms with Crippen LogP contribution in [0.4, 0.5) is 10.5 Å². The summed E-state index contributed by atoms with van der Waals surface area (Å²) in [4.78, 5) is 28.7. The average Bonchev–Trinajstić information content (AvgIpc) is 3.70. The number of nitrogens with zero attached hydrogens (tertiary/aromatic N) is 1. The molecule has 8 nitrogen and oxygen atoms in total. The molecule has 2 fully saturated rings. The number of carbonyl (C=O) groups is 2. The number of hydrogen-bond acceptors (Lipinski definition) is 6. The highest BCUT2D eigenvalue weighted by Gasteiger charge is 2.33. The summed E-state index contributed by atoms with van der Waals surface area (Å²) in [7, 11) is 1.52. The molecular formula is C27H29N3O5. The molecule has 0 aliphatic heterocycles. The van der Waals surface area contributed by atoms with E-state index < -0.39 is 6.09 Å².